The first-order valence-electron chi connectivity index (χ1n) is 1.36. The van der Waals surface area contributed by atoms with Gasteiger partial charge < -0.3 is 11.1 Å². The van der Waals surface area contributed by atoms with Crippen LogP contribution < -0.4 is 11.1 Å². The maximum atomic E-state index is 9.63. The van der Waals surface area contributed by atoms with Gasteiger partial charge in [-0.15, -0.1) is 24.0 Å². The summed E-state index contributed by atoms with van der Waals surface area (Å²) in [5.74, 6) is 0. The lowest BCUT2D eigenvalue weighted by molar-refractivity contribution is 0.250. The molecular formula is C2H6Cl2N2O. The highest BCUT2D eigenvalue weighted by molar-refractivity contribution is 6.18. The quantitative estimate of drug-likeness (QED) is 0.403. The first-order valence-corrected chi connectivity index (χ1v) is 1.90. The Kier molecular flexibility index (Phi) is 8.33. The number of amides is 2. The zero-order valence-electron chi connectivity index (χ0n) is 3.48. The molecule has 3 nitrogen and oxygen atoms in total. The number of nitrogens with one attached hydrogen (secondary N) is 1. The molecule has 0 rings (SSSR count). The van der Waals surface area contributed by atoms with Crippen LogP contribution in [0.3, 0.4) is 0 Å². The molecule has 3 N–H and O–H groups in total. The summed E-state index contributed by atoms with van der Waals surface area (Å²) in [4.78, 5) is 9.63. The summed E-state index contributed by atoms with van der Waals surface area (Å²) >= 11 is 4.98. The van der Waals surface area contributed by atoms with Crippen molar-refractivity contribution in [1.82, 2.24) is 5.32 Å². The van der Waals surface area contributed by atoms with Crippen molar-refractivity contribution < 1.29 is 4.79 Å². The molecule has 0 radical (unpaired) electrons. The highest BCUT2D eigenvalue weighted by Gasteiger charge is 1.80. The summed E-state index contributed by atoms with van der Waals surface area (Å²) in [5, 5.41) is 2.11. The summed E-state index contributed by atoms with van der Waals surface area (Å²) in [6, 6.07) is -0.514. The molecule has 0 unspecified atom stereocenters. The molecule has 0 bridgehead atoms. The minimum absolute atomic E-state index is 0. The number of alkyl halides is 1. The van der Waals surface area contributed by atoms with Crippen LogP contribution in [0.25, 0.3) is 0 Å². The average Bonchev–Trinajstić information content (AvgIpc) is 1.35. The zero-order chi connectivity index (χ0) is 4.99. The molecule has 0 aliphatic heterocycles. The highest BCUT2D eigenvalue weighted by Crippen LogP contribution is 1.61. The van der Waals surface area contributed by atoms with E-state index >= 15 is 0 Å². The van der Waals surface area contributed by atoms with Crippen molar-refractivity contribution in [1.29, 1.82) is 0 Å². The van der Waals surface area contributed by atoms with Gasteiger partial charge >= 0.3 is 6.03 Å². The number of carbonyl (C=O) groups excluding carboxylic acids is 1. The number of primary amides is 1. The normalized spacial score (nSPS) is 6.43. The molecule has 0 atom stereocenters. The van der Waals surface area contributed by atoms with Crippen LogP contribution in [0.5, 0.6) is 0 Å². The van der Waals surface area contributed by atoms with Crippen LogP contribution in [-0.4, -0.2) is 12.0 Å². The Bertz CT molecular complexity index is 57.7. The van der Waals surface area contributed by atoms with Gasteiger partial charge in [0.15, 0.2) is 0 Å². The van der Waals surface area contributed by atoms with Gasteiger partial charge in [0, 0.05) is 0 Å². The number of halogens is 2. The van der Waals surface area contributed by atoms with Gasteiger partial charge in [-0.05, 0) is 0 Å². The lowest BCUT2D eigenvalue weighted by Gasteiger charge is -1.87. The Balaban J connectivity index is 0. The van der Waals surface area contributed by atoms with Gasteiger partial charge in [-0.1, -0.05) is 0 Å². The highest BCUT2D eigenvalue weighted by atomic mass is 35.5. The molecule has 0 spiro atoms. The molecule has 2 amide bonds. The predicted molar refractivity (Wildman–Crippen MR) is 30.7 cm³/mol. The summed E-state index contributed by atoms with van der Waals surface area (Å²) in [6.07, 6.45) is 0. The Morgan fingerprint density at radius 1 is 1.86 bits per heavy atom. The van der Waals surface area contributed by atoms with E-state index in [0.717, 1.165) is 0 Å². The van der Waals surface area contributed by atoms with E-state index in [1.807, 2.05) is 0 Å². The van der Waals surface area contributed by atoms with Gasteiger partial charge in [-0.3, -0.25) is 0 Å². The van der Waals surface area contributed by atoms with Crippen molar-refractivity contribution in [3.05, 3.63) is 0 Å². The molecule has 0 aliphatic carbocycles. The number of carbonyl (C=O) groups is 1. The van der Waals surface area contributed by atoms with E-state index in [1.54, 1.807) is 0 Å². The second kappa shape index (κ2) is 5.85. The van der Waals surface area contributed by atoms with Crippen molar-refractivity contribution in [2.24, 2.45) is 5.73 Å². The van der Waals surface area contributed by atoms with Gasteiger partial charge in [-0.25, -0.2) is 4.79 Å². The minimum atomic E-state index is -0.593. The lowest BCUT2D eigenvalue weighted by Crippen LogP contribution is -2.27. The van der Waals surface area contributed by atoms with Crippen LogP contribution in [0.4, 0.5) is 4.79 Å². The van der Waals surface area contributed by atoms with Gasteiger partial charge in [-0.2, -0.15) is 0 Å². The molecule has 0 saturated carbocycles. The number of hydrogen-bond acceptors (Lipinski definition) is 1. The summed E-state index contributed by atoms with van der Waals surface area (Å²) in [5.41, 5.74) is 4.57. The molecule has 0 heterocycles. The molecule has 5 heteroatoms. The van der Waals surface area contributed by atoms with E-state index in [2.05, 4.69) is 11.1 Å². The van der Waals surface area contributed by atoms with E-state index in [0.29, 0.717) is 0 Å². The first-order chi connectivity index (χ1) is 2.77. The monoisotopic (exact) mass is 144 g/mol. The molecule has 0 aromatic carbocycles. The molecular weight excluding hydrogens is 139 g/mol. The fourth-order valence-electron chi connectivity index (χ4n) is 0.0659. The molecule has 0 aliphatic rings. The third-order valence-corrected chi connectivity index (χ3v) is 0.375. The summed E-state index contributed by atoms with van der Waals surface area (Å²) in [6.45, 7) is 0. The molecule has 44 valence electrons. The van der Waals surface area contributed by atoms with Crippen molar-refractivity contribution in [3.63, 3.8) is 0 Å². The topological polar surface area (TPSA) is 55.1 Å². The SMILES string of the molecule is Cl.NC(=O)NCCl. The average molecular weight is 145 g/mol. The number of rotatable bonds is 1. The Morgan fingerprint density at radius 3 is 2.29 bits per heavy atom. The van der Waals surface area contributed by atoms with E-state index in [1.165, 1.54) is 0 Å². The molecule has 0 aromatic rings. The Hall–Kier alpha value is -0.150. The largest absolute Gasteiger partial charge is 0.352 e. The second-order valence-corrected chi connectivity index (χ2v) is 0.942. The van der Waals surface area contributed by atoms with E-state index in [-0.39, 0.29) is 18.4 Å². The Labute approximate surface area is 52.6 Å². The summed E-state index contributed by atoms with van der Waals surface area (Å²) in [7, 11) is 0. The van der Waals surface area contributed by atoms with Gasteiger partial charge in [0.1, 0.15) is 0 Å². The van der Waals surface area contributed by atoms with Gasteiger partial charge in [0.25, 0.3) is 0 Å². The number of urea groups is 1. The lowest BCUT2D eigenvalue weighted by atomic mass is 11.0. The maximum absolute atomic E-state index is 9.63. The van der Waals surface area contributed by atoms with Crippen LogP contribution >= 0.6 is 24.0 Å². The fourth-order valence-corrected chi connectivity index (χ4v) is 0.198. The Morgan fingerprint density at radius 2 is 2.29 bits per heavy atom. The third-order valence-electron chi connectivity index (χ3n) is 0.241. The van der Waals surface area contributed by atoms with Crippen LogP contribution in [0, 0.1) is 0 Å². The molecule has 0 aromatic heterocycles. The molecule has 0 fully saturated rings. The standard InChI is InChI=1S/C2H5ClN2O.ClH/c3-1-5-2(4)6;/h1H2,(H3,4,5,6);1H. The van der Waals surface area contributed by atoms with Gasteiger partial charge in [0.05, 0.1) is 6.00 Å². The van der Waals surface area contributed by atoms with Crippen LogP contribution in [0.1, 0.15) is 0 Å². The smallest absolute Gasteiger partial charge is 0.313 e. The summed E-state index contributed by atoms with van der Waals surface area (Å²) < 4.78 is 0. The van der Waals surface area contributed by atoms with E-state index in [9.17, 15) is 4.79 Å². The van der Waals surface area contributed by atoms with Gasteiger partial charge in [0.2, 0.25) is 0 Å². The second-order valence-electron chi connectivity index (χ2n) is 0.675. The van der Waals surface area contributed by atoms with E-state index in [4.69, 9.17) is 11.6 Å². The van der Waals surface area contributed by atoms with Crippen LogP contribution in [-0.2, 0) is 0 Å². The van der Waals surface area contributed by atoms with E-state index < -0.39 is 6.03 Å². The van der Waals surface area contributed by atoms with Crippen molar-refractivity contribution in [2.75, 3.05) is 6.00 Å². The minimum Gasteiger partial charge on any atom is -0.352 e. The fraction of sp³-hybridized carbons (Fsp3) is 0.500. The van der Waals surface area contributed by atoms with Crippen LogP contribution in [0.2, 0.25) is 0 Å². The van der Waals surface area contributed by atoms with Crippen molar-refractivity contribution in [2.45, 2.75) is 0 Å². The van der Waals surface area contributed by atoms with Crippen molar-refractivity contribution >= 4 is 30.0 Å². The third kappa shape index (κ3) is 10.7. The molecule has 0 saturated heterocycles. The maximum Gasteiger partial charge on any atom is 0.313 e. The number of nitrogens with two attached hydrogens (primary N) is 1. The van der Waals surface area contributed by atoms with Crippen molar-refractivity contribution in [3.8, 4) is 0 Å². The van der Waals surface area contributed by atoms with Crippen LogP contribution in [0.15, 0.2) is 0 Å². The number of hydrogen-bond donors (Lipinski definition) is 2. The first kappa shape index (κ1) is 9.97. The predicted octanol–water partition coefficient (Wildman–Crippen LogP) is 0.273. The zero-order valence-corrected chi connectivity index (χ0v) is 5.05. The molecule has 7 heavy (non-hydrogen) atoms.